The van der Waals surface area contributed by atoms with Gasteiger partial charge in [0.25, 0.3) is 11.5 Å². The molecule has 0 bridgehead atoms. The molecule has 1 unspecified atom stereocenters. The van der Waals surface area contributed by atoms with Crippen molar-refractivity contribution in [3.8, 4) is 11.5 Å². The molecule has 0 fully saturated rings. The Morgan fingerprint density at radius 2 is 1.90 bits per heavy atom. The molecule has 3 rings (SSSR count). The summed E-state index contributed by atoms with van der Waals surface area (Å²) in [5.41, 5.74) is 3.09. The number of amides is 1. The van der Waals surface area contributed by atoms with E-state index in [1.54, 1.807) is 31.3 Å². The molecule has 31 heavy (non-hydrogen) atoms. The normalized spacial score (nSPS) is 11.6. The summed E-state index contributed by atoms with van der Waals surface area (Å²) in [5, 5.41) is 10.2. The summed E-state index contributed by atoms with van der Waals surface area (Å²) in [6, 6.07) is 12.8. The number of nitrogens with zero attached hydrogens (tertiary/aromatic N) is 2. The fourth-order valence-corrected chi connectivity index (χ4v) is 2.96. The van der Waals surface area contributed by atoms with Crippen LogP contribution in [0.3, 0.4) is 0 Å². The molecule has 7 nitrogen and oxygen atoms in total. The van der Waals surface area contributed by atoms with E-state index in [1.807, 2.05) is 45.9 Å². The third kappa shape index (κ3) is 5.12. The van der Waals surface area contributed by atoms with Crippen molar-refractivity contribution in [2.24, 2.45) is 7.05 Å². The molecule has 0 spiro atoms. The summed E-state index contributed by atoms with van der Waals surface area (Å²) in [4.78, 5) is 25.3. The molecule has 0 radical (unpaired) electrons. The number of benzene rings is 2. The SMILES string of the molecule is CCC(C)NC(=O)c1cccc(Nc2c(Oc3cccc(C)c3C)cnn(C)c2=O)c1. The molecule has 7 heteroatoms. The Kier molecular flexibility index (Phi) is 6.74. The van der Waals surface area contributed by atoms with Crippen molar-refractivity contribution in [2.45, 2.75) is 40.2 Å². The van der Waals surface area contributed by atoms with E-state index in [-0.39, 0.29) is 23.2 Å². The Morgan fingerprint density at radius 1 is 1.16 bits per heavy atom. The number of aromatic nitrogens is 2. The maximum atomic E-state index is 12.8. The summed E-state index contributed by atoms with van der Waals surface area (Å²) in [6.45, 7) is 7.93. The average Bonchev–Trinajstić information content (AvgIpc) is 2.76. The molecule has 1 atom stereocenters. The highest BCUT2D eigenvalue weighted by Gasteiger charge is 2.15. The minimum Gasteiger partial charge on any atom is -0.453 e. The zero-order chi connectivity index (χ0) is 22.5. The van der Waals surface area contributed by atoms with Gasteiger partial charge >= 0.3 is 0 Å². The first-order valence-electron chi connectivity index (χ1n) is 10.3. The van der Waals surface area contributed by atoms with Crippen LogP contribution < -0.4 is 20.9 Å². The number of rotatable bonds is 7. The van der Waals surface area contributed by atoms with E-state index < -0.39 is 0 Å². The van der Waals surface area contributed by atoms with Crippen LogP contribution in [0, 0.1) is 13.8 Å². The van der Waals surface area contributed by atoms with E-state index >= 15 is 0 Å². The van der Waals surface area contributed by atoms with E-state index in [9.17, 15) is 9.59 Å². The van der Waals surface area contributed by atoms with Gasteiger partial charge in [0, 0.05) is 24.3 Å². The van der Waals surface area contributed by atoms with Crippen molar-refractivity contribution in [3.63, 3.8) is 0 Å². The van der Waals surface area contributed by atoms with Crippen LogP contribution in [0.4, 0.5) is 11.4 Å². The Balaban J connectivity index is 1.94. The molecule has 1 aromatic heterocycles. The predicted molar refractivity (Wildman–Crippen MR) is 122 cm³/mol. The van der Waals surface area contributed by atoms with Gasteiger partial charge in [-0.05, 0) is 62.6 Å². The maximum absolute atomic E-state index is 12.8. The minimum atomic E-state index is -0.336. The smallest absolute Gasteiger partial charge is 0.294 e. The van der Waals surface area contributed by atoms with Gasteiger partial charge in [0.1, 0.15) is 5.75 Å². The second kappa shape index (κ2) is 9.47. The molecule has 3 aromatic rings. The zero-order valence-electron chi connectivity index (χ0n) is 18.5. The van der Waals surface area contributed by atoms with E-state index in [0.717, 1.165) is 17.5 Å². The molecule has 162 valence electrons. The van der Waals surface area contributed by atoms with Gasteiger partial charge in [-0.1, -0.05) is 25.1 Å². The molecule has 0 saturated heterocycles. The van der Waals surface area contributed by atoms with E-state index in [0.29, 0.717) is 22.7 Å². The minimum absolute atomic E-state index is 0.0779. The predicted octanol–water partition coefficient (Wildman–Crippen LogP) is 4.46. The zero-order valence-corrected chi connectivity index (χ0v) is 18.5. The van der Waals surface area contributed by atoms with Gasteiger partial charge in [-0.2, -0.15) is 5.10 Å². The number of carbonyl (C=O) groups is 1. The highest BCUT2D eigenvalue weighted by molar-refractivity contribution is 5.95. The van der Waals surface area contributed by atoms with Crippen molar-refractivity contribution in [1.29, 1.82) is 0 Å². The Bertz CT molecular complexity index is 1150. The van der Waals surface area contributed by atoms with Crippen molar-refractivity contribution in [1.82, 2.24) is 15.1 Å². The second-order valence-corrected chi connectivity index (χ2v) is 7.60. The Hall–Kier alpha value is -3.61. The summed E-state index contributed by atoms with van der Waals surface area (Å²) in [7, 11) is 1.57. The van der Waals surface area contributed by atoms with E-state index in [1.165, 1.54) is 10.9 Å². The topological polar surface area (TPSA) is 85.2 Å². The molecule has 1 heterocycles. The lowest BCUT2D eigenvalue weighted by Gasteiger charge is -2.16. The van der Waals surface area contributed by atoms with Crippen molar-refractivity contribution in [2.75, 3.05) is 5.32 Å². The maximum Gasteiger partial charge on any atom is 0.294 e. The molecule has 2 N–H and O–H groups in total. The van der Waals surface area contributed by atoms with Crippen molar-refractivity contribution < 1.29 is 9.53 Å². The molecular weight excluding hydrogens is 392 g/mol. The van der Waals surface area contributed by atoms with Crippen LogP contribution in [0.5, 0.6) is 11.5 Å². The van der Waals surface area contributed by atoms with Gasteiger partial charge in [0.05, 0.1) is 6.20 Å². The number of carbonyl (C=O) groups excluding carboxylic acids is 1. The molecule has 0 aliphatic rings. The highest BCUT2D eigenvalue weighted by atomic mass is 16.5. The lowest BCUT2D eigenvalue weighted by Crippen LogP contribution is -2.31. The fraction of sp³-hybridized carbons (Fsp3) is 0.292. The quantitative estimate of drug-likeness (QED) is 0.589. The standard InChI is InChI=1S/C24H28N4O3/c1-6-16(3)26-23(29)18-10-8-11-19(13-18)27-22-21(14-25-28(5)24(22)30)31-20-12-7-9-15(2)17(20)4/h7-14,16,27H,6H2,1-5H3,(H,26,29). The largest absolute Gasteiger partial charge is 0.453 e. The van der Waals surface area contributed by atoms with Crippen LogP contribution in [0.15, 0.2) is 53.5 Å². The average molecular weight is 421 g/mol. The van der Waals surface area contributed by atoms with Crippen molar-refractivity contribution >= 4 is 17.3 Å². The number of hydrogen-bond acceptors (Lipinski definition) is 5. The Labute approximate surface area is 182 Å². The highest BCUT2D eigenvalue weighted by Crippen LogP contribution is 2.31. The Morgan fingerprint density at radius 3 is 2.65 bits per heavy atom. The second-order valence-electron chi connectivity index (χ2n) is 7.60. The number of nitrogens with one attached hydrogen (secondary N) is 2. The summed E-state index contributed by atoms with van der Waals surface area (Å²) >= 11 is 0. The molecule has 1 amide bonds. The summed E-state index contributed by atoms with van der Waals surface area (Å²) in [6.07, 6.45) is 2.35. The number of hydrogen-bond donors (Lipinski definition) is 2. The number of anilines is 2. The van der Waals surface area contributed by atoms with Gasteiger partial charge in [0.15, 0.2) is 11.4 Å². The fourth-order valence-electron chi connectivity index (χ4n) is 2.96. The third-order valence-electron chi connectivity index (χ3n) is 5.26. The van der Waals surface area contributed by atoms with Crippen LogP contribution in [0.25, 0.3) is 0 Å². The van der Waals surface area contributed by atoms with Gasteiger partial charge in [0.2, 0.25) is 0 Å². The molecule has 0 aliphatic heterocycles. The third-order valence-corrected chi connectivity index (χ3v) is 5.26. The number of aryl methyl sites for hydroxylation is 2. The van der Waals surface area contributed by atoms with Crippen molar-refractivity contribution in [3.05, 3.63) is 75.7 Å². The molecule has 0 saturated carbocycles. The lowest BCUT2D eigenvalue weighted by molar-refractivity contribution is 0.0939. The summed E-state index contributed by atoms with van der Waals surface area (Å²) < 4.78 is 7.29. The van der Waals surface area contributed by atoms with Gasteiger partial charge in [-0.15, -0.1) is 0 Å². The van der Waals surface area contributed by atoms with Gasteiger partial charge in [-0.25, -0.2) is 4.68 Å². The number of ether oxygens (including phenoxy) is 1. The van der Waals surface area contributed by atoms with Crippen LogP contribution in [-0.4, -0.2) is 21.7 Å². The van der Waals surface area contributed by atoms with Gasteiger partial charge in [-0.3, -0.25) is 9.59 Å². The molecule has 0 aliphatic carbocycles. The molecule has 2 aromatic carbocycles. The summed E-state index contributed by atoms with van der Waals surface area (Å²) in [5.74, 6) is 0.804. The monoisotopic (exact) mass is 420 g/mol. The van der Waals surface area contributed by atoms with Crippen LogP contribution >= 0.6 is 0 Å². The molecular formula is C24H28N4O3. The lowest BCUT2D eigenvalue weighted by atomic mass is 10.1. The first-order valence-corrected chi connectivity index (χ1v) is 10.3. The van der Waals surface area contributed by atoms with Crippen LogP contribution in [-0.2, 0) is 7.05 Å². The van der Waals surface area contributed by atoms with Crippen LogP contribution in [0.1, 0.15) is 41.8 Å². The van der Waals surface area contributed by atoms with Crippen LogP contribution in [0.2, 0.25) is 0 Å². The first kappa shape index (κ1) is 22.1. The van der Waals surface area contributed by atoms with E-state index in [2.05, 4.69) is 15.7 Å². The first-order chi connectivity index (χ1) is 14.8. The van der Waals surface area contributed by atoms with E-state index in [4.69, 9.17) is 4.74 Å². The van der Waals surface area contributed by atoms with Gasteiger partial charge < -0.3 is 15.4 Å².